The summed E-state index contributed by atoms with van der Waals surface area (Å²) in [7, 11) is 0. The second-order valence-electron chi connectivity index (χ2n) is 4.16. The molecular weight excluding hydrogens is 321 g/mol. The number of hydrogen-bond acceptors (Lipinski definition) is 2. The van der Waals surface area contributed by atoms with Gasteiger partial charge in [-0.15, -0.1) is 0 Å². The van der Waals surface area contributed by atoms with Crippen LogP contribution in [-0.2, 0) is 9.59 Å². The molecule has 4 nitrogen and oxygen atoms in total. The van der Waals surface area contributed by atoms with Crippen molar-refractivity contribution in [3.05, 3.63) is 58.9 Å². The smallest absolute Gasteiger partial charge is 0.314 e. The Bertz CT molecular complexity index is 753. The number of rotatable bonds is 2. The normalized spacial score (nSPS) is 10.2. The van der Waals surface area contributed by atoms with Gasteiger partial charge in [0.1, 0.15) is 17.5 Å². The molecule has 2 amide bonds. The molecular formula is C14H8ClF3N2O2. The zero-order valence-electron chi connectivity index (χ0n) is 10.8. The van der Waals surface area contributed by atoms with E-state index in [-0.39, 0.29) is 10.7 Å². The zero-order valence-corrected chi connectivity index (χ0v) is 11.5. The number of anilines is 2. The average molecular weight is 329 g/mol. The Hall–Kier alpha value is -2.54. The fourth-order valence-corrected chi connectivity index (χ4v) is 1.71. The fourth-order valence-electron chi connectivity index (χ4n) is 1.53. The summed E-state index contributed by atoms with van der Waals surface area (Å²) in [5.41, 5.74) is -0.399. The molecule has 0 aliphatic carbocycles. The summed E-state index contributed by atoms with van der Waals surface area (Å²) in [6, 6.07) is 5.70. The Morgan fingerprint density at radius 3 is 2.18 bits per heavy atom. The minimum Gasteiger partial charge on any atom is -0.318 e. The molecule has 0 aliphatic rings. The van der Waals surface area contributed by atoms with E-state index in [9.17, 15) is 22.8 Å². The quantitative estimate of drug-likeness (QED) is 0.831. The summed E-state index contributed by atoms with van der Waals surface area (Å²) in [5.74, 6) is -4.72. The van der Waals surface area contributed by atoms with Gasteiger partial charge < -0.3 is 10.6 Å². The first-order valence-corrected chi connectivity index (χ1v) is 6.27. The molecule has 0 fully saturated rings. The van der Waals surface area contributed by atoms with Crippen molar-refractivity contribution in [1.29, 1.82) is 0 Å². The highest BCUT2D eigenvalue weighted by molar-refractivity contribution is 6.43. The number of benzene rings is 2. The Labute approximate surface area is 127 Å². The van der Waals surface area contributed by atoms with E-state index < -0.39 is 35.0 Å². The van der Waals surface area contributed by atoms with E-state index in [1.165, 1.54) is 6.07 Å². The summed E-state index contributed by atoms with van der Waals surface area (Å²) in [6.45, 7) is 0. The van der Waals surface area contributed by atoms with Crippen molar-refractivity contribution in [2.75, 3.05) is 10.6 Å². The average Bonchev–Trinajstić information content (AvgIpc) is 2.46. The van der Waals surface area contributed by atoms with Crippen LogP contribution < -0.4 is 10.6 Å². The Morgan fingerprint density at radius 1 is 0.864 bits per heavy atom. The van der Waals surface area contributed by atoms with E-state index in [1.54, 1.807) is 0 Å². The van der Waals surface area contributed by atoms with Crippen molar-refractivity contribution in [2.24, 2.45) is 0 Å². The summed E-state index contributed by atoms with van der Waals surface area (Å²) in [4.78, 5) is 23.2. The number of halogens is 4. The van der Waals surface area contributed by atoms with E-state index in [4.69, 9.17) is 11.6 Å². The number of amides is 2. The number of carbonyl (C=O) groups excluding carboxylic acids is 2. The van der Waals surface area contributed by atoms with Gasteiger partial charge in [-0.2, -0.15) is 0 Å². The molecule has 0 atom stereocenters. The highest BCUT2D eigenvalue weighted by Crippen LogP contribution is 2.19. The molecule has 0 radical (unpaired) electrons. The molecule has 114 valence electrons. The van der Waals surface area contributed by atoms with Crippen molar-refractivity contribution < 1.29 is 22.8 Å². The van der Waals surface area contributed by atoms with E-state index in [0.29, 0.717) is 0 Å². The highest BCUT2D eigenvalue weighted by atomic mass is 35.5. The van der Waals surface area contributed by atoms with Gasteiger partial charge in [-0.25, -0.2) is 13.2 Å². The molecule has 0 heterocycles. The molecule has 0 bridgehead atoms. The largest absolute Gasteiger partial charge is 0.318 e. The van der Waals surface area contributed by atoms with Crippen molar-refractivity contribution in [1.82, 2.24) is 0 Å². The first kappa shape index (κ1) is 15.8. The maximum atomic E-state index is 13.3. The Balaban J connectivity index is 2.07. The summed E-state index contributed by atoms with van der Waals surface area (Å²) >= 11 is 5.53. The predicted molar refractivity (Wildman–Crippen MR) is 75.0 cm³/mol. The maximum Gasteiger partial charge on any atom is 0.314 e. The van der Waals surface area contributed by atoms with Crippen LogP contribution in [0.4, 0.5) is 24.5 Å². The summed E-state index contributed by atoms with van der Waals surface area (Å²) < 4.78 is 39.3. The molecule has 2 aromatic carbocycles. The molecule has 0 saturated carbocycles. The van der Waals surface area contributed by atoms with Crippen molar-refractivity contribution in [3.8, 4) is 0 Å². The topological polar surface area (TPSA) is 58.2 Å². The van der Waals surface area contributed by atoms with E-state index in [0.717, 1.165) is 30.3 Å². The van der Waals surface area contributed by atoms with Gasteiger partial charge >= 0.3 is 11.8 Å². The third kappa shape index (κ3) is 3.76. The van der Waals surface area contributed by atoms with Crippen molar-refractivity contribution >= 4 is 34.8 Å². The van der Waals surface area contributed by atoms with Crippen LogP contribution in [0.3, 0.4) is 0 Å². The zero-order chi connectivity index (χ0) is 16.3. The summed E-state index contributed by atoms with van der Waals surface area (Å²) in [5, 5.41) is 3.83. The van der Waals surface area contributed by atoms with Crippen LogP contribution >= 0.6 is 11.6 Å². The maximum absolute atomic E-state index is 13.3. The van der Waals surface area contributed by atoms with Crippen molar-refractivity contribution in [2.45, 2.75) is 0 Å². The third-order valence-corrected chi connectivity index (χ3v) is 2.85. The Kier molecular flexibility index (Phi) is 4.67. The lowest BCUT2D eigenvalue weighted by Crippen LogP contribution is -2.29. The lowest BCUT2D eigenvalue weighted by Gasteiger charge is -2.08. The molecule has 0 saturated heterocycles. The predicted octanol–water partition coefficient (Wildman–Crippen LogP) is 3.33. The molecule has 2 rings (SSSR count). The van der Waals surface area contributed by atoms with Gasteiger partial charge in [0.2, 0.25) is 0 Å². The lowest BCUT2D eigenvalue weighted by atomic mass is 10.3. The standard InChI is InChI=1S/C14H8ClF3N2O2/c15-9-6-8(2-4-10(9)17)19-13(21)14(22)20-12-5-7(16)1-3-11(12)18/h1-6H,(H,19,21)(H,20,22). The van der Waals surface area contributed by atoms with Crippen LogP contribution in [0.2, 0.25) is 5.02 Å². The lowest BCUT2D eigenvalue weighted by molar-refractivity contribution is -0.133. The van der Waals surface area contributed by atoms with Crippen LogP contribution in [0.15, 0.2) is 36.4 Å². The number of carbonyl (C=O) groups is 2. The van der Waals surface area contributed by atoms with Gasteiger partial charge in [0.05, 0.1) is 10.7 Å². The van der Waals surface area contributed by atoms with Crippen LogP contribution in [0.5, 0.6) is 0 Å². The molecule has 2 aromatic rings. The van der Waals surface area contributed by atoms with Crippen LogP contribution in [0.25, 0.3) is 0 Å². The molecule has 22 heavy (non-hydrogen) atoms. The van der Waals surface area contributed by atoms with E-state index in [1.807, 2.05) is 5.32 Å². The second-order valence-corrected chi connectivity index (χ2v) is 4.57. The first-order valence-electron chi connectivity index (χ1n) is 5.89. The second kappa shape index (κ2) is 6.48. The Morgan fingerprint density at radius 2 is 1.50 bits per heavy atom. The van der Waals surface area contributed by atoms with E-state index in [2.05, 4.69) is 5.32 Å². The molecule has 0 spiro atoms. The number of hydrogen-bond donors (Lipinski definition) is 2. The van der Waals surface area contributed by atoms with Crippen LogP contribution in [0, 0.1) is 17.5 Å². The number of nitrogens with one attached hydrogen (secondary N) is 2. The molecule has 8 heteroatoms. The third-order valence-electron chi connectivity index (χ3n) is 2.56. The molecule has 0 aliphatic heterocycles. The van der Waals surface area contributed by atoms with Gasteiger partial charge in [-0.1, -0.05) is 11.6 Å². The highest BCUT2D eigenvalue weighted by Gasteiger charge is 2.16. The van der Waals surface area contributed by atoms with Gasteiger partial charge in [0.15, 0.2) is 0 Å². The van der Waals surface area contributed by atoms with Crippen molar-refractivity contribution in [3.63, 3.8) is 0 Å². The molecule has 0 unspecified atom stereocenters. The van der Waals surface area contributed by atoms with Crippen LogP contribution in [-0.4, -0.2) is 11.8 Å². The molecule has 0 aromatic heterocycles. The monoisotopic (exact) mass is 328 g/mol. The molecule has 2 N–H and O–H groups in total. The minimum atomic E-state index is -1.22. The summed E-state index contributed by atoms with van der Waals surface area (Å²) in [6.07, 6.45) is 0. The van der Waals surface area contributed by atoms with Gasteiger partial charge in [-0.05, 0) is 30.3 Å². The van der Waals surface area contributed by atoms with E-state index >= 15 is 0 Å². The van der Waals surface area contributed by atoms with Gasteiger partial charge in [0, 0.05) is 11.8 Å². The SMILES string of the molecule is O=C(Nc1ccc(F)c(Cl)c1)C(=O)Nc1cc(F)ccc1F. The fraction of sp³-hybridized carbons (Fsp3) is 0. The first-order chi connectivity index (χ1) is 10.4. The minimum absolute atomic E-state index is 0.0752. The van der Waals surface area contributed by atoms with Gasteiger partial charge in [0.25, 0.3) is 0 Å². The van der Waals surface area contributed by atoms with Gasteiger partial charge in [-0.3, -0.25) is 9.59 Å². The van der Waals surface area contributed by atoms with Crippen LogP contribution in [0.1, 0.15) is 0 Å².